The van der Waals surface area contributed by atoms with Gasteiger partial charge in [0.1, 0.15) is 5.82 Å². The van der Waals surface area contributed by atoms with Crippen molar-refractivity contribution in [2.24, 2.45) is 7.05 Å². The van der Waals surface area contributed by atoms with E-state index in [4.69, 9.17) is 5.73 Å². The molecule has 1 heterocycles. The van der Waals surface area contributed by atoms with Gasteiger partial charge in [0, 0.05) is 23.3 Å². The second-order valence-electron chi connectivity index (χ2n) is 3.53. The number of benzene rings is 1. The molecule has 0 bridgehead atoms. The Bertz CT molecular complexity index is 564. The molecule has 1 aromatic heterocycles. The number of aryl methyl sites for hydroxylation is 1. The van der Waals surface area contributed by atoms with Crippen LogP contribution in [0.1, 0.15) is 10.4 Å². The van der Waals surface area contributed by atoms with Gasteiger partial charge in [-0.3, -0.25) is 9.48 Å². The normalized spacial score (nSPS) is 10.2. The van der Waals surface area contributed by atoms with E-state index in [-0.39, 0.29) is 5.91 Å². The largest absolute Gasteiger partial charge is 0.398 e. The number of hydrogen-bond donors (Lipinski definition) is 2. The first-order chi connectivity index (χ1) is 8.08. The highest BCUT2D eigenvalue weighted by atomic mass is 79.9. The molecule has 6 heteroatoms. The summed E-state index contributed by atoms with van der Waals surface area (Å²) in [7, 11) is 1.75. The van der Waals surface area contributed by atoms with E-state index in [1.165, 1.54) is 0 Å². The van der Waals surface area contributed by atoms with Gasteiger partial charge in [0.15, 0.2) is 0 Å². The van der Waals surface area contributed by atoms with E-state index < -0.39 is 0 Å². The summed E-state index contributed by atoms with van der Waals surface area (Å²) in [4.78, 5) is 11.9. The second-order valence-corrected chi connectivity index (χ2v) is 4.44. The Morgan fingerprint density at radius 1 is 1.47 bits per heavy atom. The minimum atomic E-state index is -0.251. The Morgan fingerprint density at radius 2 is 2.24 bits per heavy atom. The summed E-state index contributed by atoms with van der Waals surface area (Å²) in [6.45, 7) is 0. The number of carbonyl (C=O) groups excluding carboxylic acids is 1. The molecule has 0 spiro atoms. The van der Waals surface area contributed by atoms with E-state index in [1.54, 1.807) is 42.2 Å². The van der Waals surface area contributed by atoms with Gasteiger partial charge < -0.3 is 11.1 Å². The van der Waals surface area contributed by atoms with Crippen molar-refractivity contribution in [3.05, 3.63) is 40.5 Å². The van der Waals surface area contributed by atoms with Crippen molar-refractivity contribution in [2.75, 3.05) is 11.1 Å². The van der Waals surface area contributed by atoms with Crippen LogP contribution in [0.4, 0.5) is 11.5 Å². The van der Waals surface area contributed by atoms with E-state index in [0.717, 1.165) is 4.47 Å². The molecular weight excluding hydrogens is 284 g/mol. The number of nitrogen functional groups attached to an aromatic ring is 1. The highest BCUT2D eigenvalue weighted by Crippen LogP contribution is 2.19. The number of amides is 1. The van der Waals surface area contributed by atoms with E-state index in [9.17, 15) is 4.79 Å². The lowest BCUT2D eigenvalue weighted by Gasteiger charge is -2.07. The summed E-state index contributed by atoms with van der Waals surface area (Å²) < 4.78 is 2.42. The Labute approximate surface area is 107 Å². The molecule has 17 heavy (non-hydrogen) atoms. The van der Waals surface area contributed by atoms with Gasteiger partial charge in [-0.2, -0.15) is 5.10 Å². The molecule has 0 aliphatic rings. The molecule has 0 saturated carbocycles. The second kappa shape index (κ2) is 4.58. The quantitative estimate of drug-likeness (QED) is 0.832. The van der Waals surface area contributed by atoms with Crippen LogP contribution in [0.5, 0.6) is 0 Å². The molecule has 3 N–H and O–H groups in total. The molecule has 0 aliphatic carbocycles. The monoisotopic (exact) mass is 294 g/mol. The molecule has 0 fully saturated rings. The molecule has 0 atom stereocenters. The first-order valence-corrected chi connectivity index (χ1v) is 5.71. The Kier molecular flexibility index (Phi) is 3.14. The third kappa shape index (κ3) is 2.47. The van der Waals surface area contributed by atoms with Crippen LogP contribution in [0.15, 0.2) is 34.9 Å². The van der Waals surface area contributed by atoms with Gasteiger partial charge >= 0.3 is 0 Å². The minimum Gasteiger partial charge on any atom is -0.398 e. The number of hydrogen-bond acceptors (Lipinski definition) is 3. The Morgan fingerprint density at radius 3 is 2.82 bits per heavy atom. The molecular formula is C11H11BrN4O. The summed E-state index contributed by atoms with van der Waals surface area (Å²) in [6.07, 6.45) is 1.61. The maximum atomic E-state index is 11.9. The van der Waals surface area contributed by atoms with Gasteiger partial charge in [-0.05, 0) is 18.2 Å². The average molecular weight is 295 g/mol. The van der Waals surface area contributed by atoms with Crippen molar-refractivity contribution in [3.63, 3.8) is 0 Å². The van der Waals surface area contributed by atoms with Crippen molar-refractivity contribution in [1.29, 1.82) is 0 Å². The van der Waals surface area contributed by atoms with E-state index in [2.05, 4.69) is 26.3 Å². The molecule has 0 unspecified atom stereocenters. The lowest BCUT2D eigenvalue weighted by Crippen LogP contribution is -2.16. The first-order valence-electron chi connectivity index (χ1n) is 4.92. The number of nitrogens with two attached hydrogens (primary N) is 1. The predicted octanol–water partition coefficient (Wildman–Crippen LogP) is 2.02. The fourth-order valence-corrected chi connectivity index (χ4v) is 1.80. The van der Waals surface area contributed by atoms with Crippen LogP contribution < -0.4 is 11.1 Å². The lowest BCUT2D eigenvalue weighted by molar-refractivity contribution is 0.102. The molecule has 5 nitrogen and oxygen atoms in total. The van der Waals surface area contributed by atoms with Crippen molar-refractivity contribution < 1.29 is 4.79 Å². The van der Waals surface area contributed by atoms with Gasteiger partial charge in [-0.1, -0.05) is 15.9 Å². The number of aromatic nitrogens is 2. The van der Waals surface area contributed by atoms with Crippen LogP contribution in [0.3, 0.4) is 0 Å². The highest BCUT2D eigenvalue weighted by molar-refractivity contribution is 9.10. The molecule has 1 amide bonds. The number of carbonyl (C=O) groups is 1. The Hall–Kier alpha value is -1.82. The molecule has 2 aromatic rings. The molecule has 0 aliphatic heterocycles. The van der Waals surface area contributed by atoms with Gasteiger partial charge in [0.25, 0.3) is 5.91 Å². The summed E-state index contributed by atoms with van der Waals surface area (Å²) >= 11 is 3.29. The van der Waals surface area contributed by atoms with E-state index >= 15 is 0 Å². The van der Waals surface area contributed by atoms with Gasteiger partial charge in [-0.15, -0.1) is 0 Å². The number of rotatable bonds is 2. The zero-order valence-electron chi connectivity index (χ0n) is 9.14. The number of anilines is 2. The molecule has 0 radical (unpaired) electrons. The van der Waals surface area contributed by atoms with Crippen molar-refractivity contribution >= 4 is 33.3 Å². The number of nitrogens with one attached hydrogen (secondary N) is 1. The van der Waals surface area contributed by atoms with Gasteiger partial charge in [-0.25, -0.2) is 0 Å². The van der Waals surface area contributed by atoms with Gasteiger partial charge in [0.05, 0.1) is 11.8 Å². The van der Waals surface area contributed by atoms with Crippen LogP contribution in [-0.4, -0.2) is 15.7 Å². The van der Waals surface area contributed by atoms with E-state index in [0.29, 0.717) is 17.1 Å². The lowest BCUT2D eigenvalue weighted by atomic mass is 10.1. The van der Waals surface area contributed by atoms with Crippen LogP contribution in [0, 0.1) is 0 Å². The molecule has 2 rings (SSSR count). The predicted molar refractivity (Wildman–Crippen MR) is 69.7 cm³/mol. The maximum Gasteiger partial charge on any atom is 0.258 e. The van der Waals surface area contributed by atoms with Crippen molar-refractivity contribution in [3.8, 4) is 0 Å². The molecule has 1 aromatic carbocycles. The topological polar surface area (TPSA) is 72.9 Å². The zero-order valence-corrected chi connectivity index (χ0v) is 10.7. The van der Waals surface area contributed by atoms with Crippen molar-refractivity contribution in [1.82, 2.24) is 9.78 Å². The fraction of sp³-hybridized carbons (Fsp3) is 0.0909. The van der Waals surface area contributed by atoms with Gasteiger partial charge in [0.2, 0.25) is 0 Å². The van der Waals surface area contributed by atoms with E-state index in [1.807, 2.05) is 0 Å². The average Bonchev–Trinajstić information content (AvgIpc) is 2.64. The zero-order chi connectivity index (χ0) is 12.4. The summed E-state index contributed by atoms with van der Waals surface area (Å²) in [5, 5.41) is 6.70. The first kappa shape index (κ1) is 11.7. The van der Waals surface area contributed by atoms with Crippen LogP contribution in [0.25, 0.3) is 0 Å². The third-order valence-corrected chi connectivity index (χ3v) is 2.81. The van der Waals surface area contributed by atoms with Crippen molar-refractivity contribution in [2.45, 2.75) is 0 Å². The number of nitrogens with zero attached hydrogens (tertiary/aromatic N) is 2. The number of halogens is 1. The standard InChI is InChI=1S/C11H11BrN4O/c1-16-10(4-5-14-16)15-11(17)8-3-2-7(12)6-9(8)13/h2-6H,13H2,1H3,(H,15,17). The van der Waals surface area contributed by atoms with Crippen LogP contribution >= 0.6 is 15.9 Å². The Balaban J connectivity index is 2.23. The molecule has 88 valence electrons. The van der Waals surface area contributed by atoms with Crippen LogP contribution in [-0.2, 0) is 7.05 Å². The van der Waals surface area contributed by atoms with Crippen LogP contribution in [0.2, 0.25) is 0 Å². The smallest absolute Gasteiger partial charge is 0.258 e. The minimum absolute atomic E-state index is 0.251. The fourth-order valence-electron chi connectivity index (χ4n) is 1.42. The summed E-state index contributed by atoms with van der Waals surface area (Å²) in [5.74, 6) is 0.371. The summed E-state index contributed by atoms with van der Waals surface area (Å²) in [6, 6.07) is 6.85. The molecule has 0 saturated heterocycles. The SMILES string of the molecule is Cn1nccc1NC(=O)c1ccc(Br)cc1N. The maximum absolute atomic E-state index is 11.9. The highest BCUT2D eigenvalue weighted by Gasteiger charge is 2.11. The third-order valence-electron chi connectivity index (χ3n) is 2.32. The summed E-state index contributed by atoms with van der Waals surface area (Å²) in [5.41, 5.74) is 6.64.